The number of amides is 4. The molecule has 11 nitrogen and oxygen atoms in total. The van der Waals surface area contributed by atoms with Crippen LogP contribution >= 0.6 is 0 Å². The summed E-state index contributed by atoms with van der Waals surface area (Å²) < 4.78 is 38.2. The zero-order chi connectivity index (χ0) is 31.1. The maximum absolute atomic E-state index is 13.0. The Hall–Kier alpha value is -4.01. The highest BCUT2D eigenvalue weighted by atomic mass is 19.4. The molecule has 0 aromatic heterocycles. The van der Waals surface area contributed by atoms with E-state index in [0.717, 1.165) is 29.8 Å². The largest absolute Gasteiger partial charge is 0.416 e. The first-order valence-corrected chi connectivity index (χ1v) is 13.5. The molecule has 9 N–H and O–H groups in total. The Morgan fingerprint density at radius 1 is 0.833 bits per heavy atom. The summed E-state index contributed by atoms with van der Waals surface area (Å²) >= 11 is 0. The van der Waals surface area contributed by atoms with E-state index in [0.29, 0.717) is 6.42 Å². The van der Waals surface area contributed by atoms with Gasteiger partial charge in [-0.3, -0.25) is 19.2 Å². The number of aryl methyl sites for hydroxylation is 1. The fourth-order valence-corrected chi connectivity index (χ4v) is 3.98. The molecule has 230 valence electrons. The first-order chi connectivity index (χ1) is 20.0. The van der Waals surface area contributed by atoms with Crippen molar-refractivity contribution in [2.45, 2.75) is 37.5 Å². The quantitative estimate of drug-likeness (QED) is 0.149. The molecule has 2 unspecified atom stereocenters. The van der Waals surface area contributed by atoms with Crippen LogP contribution in [0.2, 0.25) is 0 Å². The summed E-state index contributed by atoms with van der Waals surface area (Å²) in [5.74, 6) is -2.22. The van der Waals surface area contributed by atoms with Crippen molar-refractivity contribution in [2.75, 3.05) is 39.3 Å². The summed E-state index contributed by atoms with van der Waals surface area (Å²) in [5.41, 5.74) is 17.1. The number of benzene rings is 2. The summed E-state index contributed by atoms with van der Waals surface area (Å²) in [6.07, 6.45) is -4.12. The lowest BCUT2D eigenvalue weighted by molar-refractivity contribution is -0.137. The second-order valence-electron chi connectivity index (χ2n) is 9.48. The van der Waals surface area contributed by atoms with Crippen molar-refractivity contribution in [1.29, 1.82) is 0 Å². The highest BCUT2D eigenvalue weighted by molar-refractivity contribution is 5.94. The van der Waals surface area contributed by atoms with Gasteiger partial charge in [0.15, 0.2) is 0 Å². The number of alkyl halides is 3. The molecule has 0 radical (unpaired) electrons. The minimum Gasteiger partial charge on any atom is -0.353 e. The van der Waals surface area contributed by atoms with Crippen LogP contribution in [-0.4, -0.2) is 79.9 Å². The third kappa shape index (κ3) is 11.5. The van der Waals surface area contributed by atoms with Crippen LogP contribution in [0.25, 0.3) is 0 Å². The molecule has 0 fully saturated rings. The van der Waals surface area contributed by atoms with Crippen LogP contribution in [0, 0.1) is 0 Å². The van der Waals surface area contributed by atoms with Crippen molar-refractivity contribution < 1.29 is 32.3 Å². The fourth-order valence-electron chi connectivity index (χ4n) is 3.98. The van der Waals surface area contributed by atoms with Gasteiger partial charge in [0, 0.05) is 44.8 Å². The molecule has 0 aliphatic heterocycles. The number of carbonyl (C=O) groups is 4. The molecule has 0 spiro atoms. The summed E-state index contributed by atoms with van der Waals surface area (Å²) in [4.78, 5) is 52.1. The van der Waals surface area contributed by atoms with Gasteiger partial charge in [0.05, 0.1) is 18.0 Å². The molecule has 0 heterocycles. The van der Waals surface area contributed by atoms with Crippen molar-refractivity contribution in [3.8, 4) is 0 Å². The number of nitrogens with two attached hydrogens (primary N) is 3. The maximum atomic E-state index is 13.0. The smallest absolute Gasteiger partial charge is 0.353 e. The van der Waals surface area contributed by atoms with Crippen molar-refractivity contribution in [3.63, 3.8) is 0 Å². The second-order valence-corrected chi connectivity index (χ2v) is 9.48. The van der Waals surface area contributed by atoms with Gasteiger partial charge in [-0.2, -0.15) is 13.2 Å². The van der Waals surface area contributed by atoms with Crippen molar-refractivity contribution in [3.05, 3.63) is 71.3 Å². The second kappa shape index (κ2) is 17.1. The molecule has 2 rings (SSSR count). The van der Waals surface area contributed by atoms with Crippen LogP contribution in [0.4, 0.5) is 13.2 Å². The van der Waals surface area contributed by atoms with E-state index in [1.54, 1.807) is 0 Å². The number of carbonyl (C=O) groups excluding carboxylic acids is 4. The third-order valence-corrected chi connectivity index (χ3v) is 6.26. The molecule has 42 heavy (non-hydrogen) atoms. The Labute approximate surface area is 242 Å². The summed E-state index contributed by atoms with van der Waals surface area (Å²) in [6, 6.07) is 10.8. The van der Waals surface area contributed by atoms with Gasteiger partial charge in [-0.25, -0.2) is 0 Å². The van der Waals surface area contributed by atoms with Crippen molar-refractivity contribution in [2.24, 2.45) is 17.2 Å². The van der Waals surface area contributed by atoms with Gasteiger partial charge in [-0.05, 0) is 42.7 Å². The first-order valence-electron chi connectivity index (χ1n) is 13.5. The monoisotopic (exact) mass is 593 g/mol. The van der Waals surface area contributed by atoms with E-state index in [1.807, 2.05) is 30.3 Å². The number of halogens is 3. The van der Waals surface area contributed by atoms with Crippen LogP contribution in [0.1, 0.15) is 34.3 Å². The maximum Gasteiger partial charge on any atom is 0.416 e. The van der Waals surface area contributed by atoms with E-state index in [9.17, 15) is 32.3 Å². The minimum atomic E-state index is -4.51. The van der Waals surface area contributed by atoms with E-state index < -0.39 is 41.5 Å². The lowest BCUT2D eigenvalue weighted by Gasteiger charge is -2.24. The predicted molar refractivity (Wildman–Crippen MR) is 151 cm³/mol. The number of hydrogen-bond donors (Lipinski definition) is 6. The first kappa shape index (κ1) is 34.2. The molecular formula is C28H38F3N7O4. The van der Waals surface area contributed by atoms with Gasteiger partial charge in [0.25, 0.3) is 5.91 Å². The van der Waals surface area contributed by atoms with E-state index in [2.05, 4.69) is 16.0 Å². The molecule has 2 aromatic rings. The van der Waals surface area contributed by atoms with Gasteiger partial charge < -0.3 is 38.1 Å². The number of rotatable bonds is 16. The Morgan fingerprint density at radius 2 is 1.43 bits per heavy atom. The van der Waals surface area contributed by atoms with Gasteiger partial charge in [0.2, 0.25) is 17.7 Å². The molecule has 2 aromatic carbocycles. The number of nitrogens with zero attached hydrogens (tertiary/aromatic N) is 1. The zero-order valence-corrected chi connectivity index (χ0v) is 23.2. The lowest BCUT2D eigenvalue weighted by Crippen LogP contribution is -2.53. The third-order valence-electron chi connectivity index (χ3n) is 6.26. The minimum absolute atomic E-state index is 0.0133. The van der Waals surface area contributed by atoms with Crippen LogP contribution in [0.5, 0.6) is 0 Å². The SMILES string of the molecule is NCCN(CCN)C(=O)CC(N)C(=O)NC(CCc1ccccc1)C(=O)NCCNC(=O)c1ccc(C(F)(F)F)cc1. The van der Waals surface area contributed by atoms with Crippen molar-refractivity contribution >= 4 is 23.6 Å². The van der Waals surface area contributed by atoms with Crippen LogP contribution in [0.3, 0.4) is 0 Å². The van der Waals surface area contributed by atoms with Gasteiger partial charge in [-0.15, -0.1) is 0 Å². The Bertz CT molecular complexity index is 1160. The van der Waals surface area contributed by atoms with Crippen molar-refractivity contribution in [1.82, 2.24) is 20.9 Å². The molecule has 0 bridgehead atoms. The normalized spacial score (nSPS) is 12.6. The Kier molecular flexibility index (Phi) is 13.9. The van der Waals surface area contributed by atoms with E-state index in [1.165, 1.54) is 4.90 Å². The van der Waals surface area contributed by atoms with E-state index >= 15 is 0 Å². The molecule has 2 atom stereocenters. The summed E-state index contributed by atoms with van der Waals surface area (Å²) in [7, 11) is 0. The molecular weight excluding hydrogens is 555 g/mol. The number of hydrogen-bond acceptors (Lipinski definition) is 7. The number of nitrogens with one attached hydrogen (secondary N) is 3. The molecule has 0 saturated heterocycles. The molecule has 0 saturated carbocycles. The van der Waals surface area contributed by atoms with Crippen LogP contribution in [0.15, 0.2) is 54.6 Å². The van der Waals surface area contributed by atoms with Crippen LogP contribution in [-0.2, 0) is 27.0 Å². The topological polar surface area (TPSA) is 186 Å². The average Bonchev–Trinajstić information content (AvgIpc) is 2.97. The Balaban J connectivity index is 1.95. The highest BCUT2D eigenvalue weighted by Gasteiger charge is 2.30. The fraction of sp³-hybridized carbons (Fsp3) is 0.429. The van der Waals surface area contributed by atoms with Gasteiger partial charge in [-0.1, -0.05) is 30.3 Å². The van der Waals surface area contributed by atoms with Crippen LogP contribution < -0.4 is 33.2 Å². The summed E-state index contributed by atoms with van der Waals surface area (Å²) in [5, 5.41) is 7.76. The van der Waals surface area contributed by atoms with E-state index in [-0.39, 0.29) is 63.6 Å². The molecule has 0 aliphatic rings. The average molecular weight is 594 g/mol. The Morgan fingerprint density at radius 3 is 2.00 bits per heavy atom. The predicted octanol–water partition coefficient (Wildman–Crippen LogP) is 0.132. The highest BCUT2D eigenvalue weighted by Crippen LogP contribution is 2.29. The lowest BCUT2D eigenvalue weighted by atomic mass is 10.0. The molecule has 0 aliphatic carbocycles. The standard InChI is InChI=1S/C28H38F3N7O4/c29-28(30,31)21-9-7-20(8-10-21)25(40)35-14-15-36-27(42)23(11-6-19-4-2-1-3-5-19)37-26(41)22(34)18-24(39)38(16-12-32)17-13-33/h1-5,7-10,22-23H,6,11-18,32-34H2,(H,35,40)(H,36,42)(H,37,41). The zero-order valence-electron chi connectivity index (χ0n) is 23.2. The molecule has 4 amide bonds. The van der Waals surface area contributed by atoms with E-state index in [4.69, 9.17) is 17.2 Å². The summed E-state index contributed by atoms with van der Waals surface area (Å²) in [6.45, 7) is 0.945. The molecule has 14 heteroatoms. The van der Waals surface area contributed by atoms with Gasteiger partial charge in [0.1, 0.15) is 6.04 Å². The van der Waals surface area contributed by atoms with Gasteiger partial charge >= 0.3 is 6.18 Å².